The number of thiocarbonyl (C=S) groups is 1. The Morgan fingerprint density at radius 2 is 2.24 bits per heavy atom. The molecular formula is C13H19FN2S. The number of hydrogen-bond acceptors (Lipinski definition) is 2. The van der Waals surface area contributed by atoms with Gasteiger partial charge in [0, 0.05) is 0 Å². The van der Waals surface area contributed by atoms with Crippen LogP contribution in [0.3, 0.4) is 0 Å². The number of halogens is 1. The van der Waals surface area contributed by atoms with Gasteiger partial charge in [0.05, 0.1) is 11.0 Å². The first-order valence-corrected chi connectivity index (χ1v) is 6.22. The van der Waals surface area contributed by atoms with Gasteiger partial charge in [0.2, 0.25) is 0 Å². The summed E-state index contributed by atoms with van der Waals surface area (Å²) in [6, 6.07) is 6.27. The molecule has 0 aliphatic rings. The fraction of sp³-hybridized carbons (Fsp3) is 0.462. The number of hydrogen-bond donors (Lipinski definition) is 1. The molecule has 0 aliphatic carbocycles. The minimum absolute atomic E-state index is 0.188. The number of likely N-dealkylation sites (N-methyl/N-ethyl adjacent to an activating group) is 1. The first-order valence-electron chi connectivity index (χ1n) is 5.81. The zero-order valence-corrected chi connectivity index (χ0v) is 11.1. The molecule has 1 unspecified atom stereocenters. The summed E-state index contributed by atoms with van der Waals surface area (Å²) in [7, 11) is 1.96. The van der Waals surface area contributed by atoms with Crippen molar-refractivity contribution in [3.05, 3.63) is 35.6 Å². The highest BCUT2D eigenvalue weighted by molar-refractivity contribution is 7.80. The van der Waals surface area contributed by atoms with Crippen molar-refractivity contribution in [2.24, 2.45) is 5.73 Å². The highest BCUT2D eigenvalue weighted by atomic mass is 32.1. The van der Waals surface area contributed by atoms with Crippen LogP contribution in [0.1, 0.15) is 31.4 Å². The Balaban J connectivity index is 2.89. The van der Waals surface area contributed by atoms with Crippen molar-refractivity contribution in [2.75, 3.05) is 13.6 Å². The predicted molar refractivity (Wildman–Crippen MR) is 73.5 cm³/mol. The van der Waals surface area contributed by atoms with Crippen LogP contribution < -0.4 is 5.73 Å². The van der Waals surface area contributed by atoms with Crippen molar-refractivity contribution in [3.63, 3.8) is 0 Å². The number of benzene rings is 1. The van der Waals surface area contributed by atoms with E-state index in [9.17, 15) is 4.39 Å². The molecule has 94 valence electrons. The Labute approximate surface area is 108 Å². The molecule has 0 amide bonds. The molecule has 1 aromatic carbocycles. The zero-order chi connectivity index (χ0) is 12.8. The van der Waals surface area contributed by atoms with E-state index in [1.165, 1.54) is 12.1 Å². The van der Waals surface area contributed by atoms with Gasteiger partial charge in [-0.1, -0.05) is 37.7 Å². The third-order valence-corrected chi connectivity index (χ3v) is 2.96. The largest absolute Gasteiger partial charge is 0.392 e. The van der Waals surface area contributed by atoms with Crippen LogP contribution >= 0.6 is 12.2 Å². The van der Waals surface area contributed by atoms with Gasteiger partial charge in [-0.15, -0.1) is 0 Å². The van der Waals surface area contributed by atoms with Crippen molar-refractivity contribution in [1.82, 2.24) is 4.90 Å². The van der Waals surface area contributed by atoms with E-state index in [1.54, 1.807) is 6.07 Å². The highest BCUT2D eigenvalue weighted by Gasteiger charge is 2.19. The molecule has 1 rings (SSSR count). The van der Waals surface area contributed by atoms with Gasteiger partial charge in [0.15, 0.2) is 0 Å². The van der Waals surface area contributed by atoms with Crippen molar-refractivity contribution < 1.29 is 4.39 Å². The predicted octanol–water partition coefficient (Wildman–Crippen LogP) is 2.88. The Kier molecular flexibility index (Phi) is 5.51. The summed E-state index contributed by atoms with van der Waals surface area (Å²) in [4.78, 5) is 2.45. The fourth-order valence-corrected chi connectivity index (χ4v) is 2.17. The number of rotatable bonds is 6. The number of nitrogens with zero attached hydrogens (tertiary/aromatic N) is 1. The second-order valence-corrected chi connectivity index (χ2v) is 4.67. The summed E-state index contributed by atoms with van der Waals surface area (Å²) in [5.74, 6) is -0.257. The molecule has 0 spiro atoms. The molecule has 1 aromatic rings. The average Bonchev–Trinajstić information content (AvgIpc) is 2.26. The summed E-state index contributed by atoms with van der Waals surface area (Å²) < 4.78 is 13.2. The maximum Gasteiger partial charge on any atom is 0.123 e. The molecular weight excluding hydrogens is 235 g/mol. The number of nitrogens with two attached hydrogens (primary N) is 1. The van der Waals surface area contributed by atoms with E-state index in [0.29, 0.717) is 4.99 Å². The monoisotopic (exact) mass is 254 g/mol. The lowest BCUT2D eigenvalue weighted by Gasteiger charge is -2.27. The molecule has 0 bridgehead atoms. The van der Waals surface area contributed by atoms with Crippen LogP contribution in [-0.2, 0) is 0 Å². The van der Waals surface area contributed by atoms with Gasteiger partial charge in [-0.25, -0.2) is 4.39 Å². The molecule has 17 heavy (non-hydrogen) atoms. The maximum atomic E-state index is 13.2. The summed E-state index contributed by atoms with van der Waals surface area (Å²) in [5, 5.41) is 0. The molecule has 0 aliphatic heterocycles. The van der Waals surface area contributed by atoms with Crippen molar-refractivity contribution in [3.8, 4) is 0 Å². The Bertz CT molecular complexity index is 381. The number of unbranched alkanes of at least 4 members (excludes halogenated alkanes) is 1. The quantitative estimate of drug-likeness (QED) is 0.792. The van der Waals surface area contributed by atoms with Crippen LogP contribution in [-0.4, -0.2) is 23.5 Å². The lowest BCUT2D eigenvalue weighted by molar-refractivity contribution is 0.296. The van der Waals surface area contributed by atoms with Crippen LogP contribution in [0.2, 0.25) is 0 Å². The van der Waals surface area contributed by atoms with Gasteiger partial charge < -0.3 is 5.73 Å². The topological polar surface area (TPSA) is 29.3 Å². The summed E-state index contributed by atoms with van der Waals surface area (Å²) in [6.07, 6.45) is 2.18. The van der Waals surface area contributed by atoms with Crippen LogP contribution in [0.4, 0.5) is 4.39 Å². The van der Waals surface area contributed by atoms with E-state index in [-0.39, 0.29) is 11.9 Å². The van der Waals surface area contributed by atoms with E-state index in [4.69, 9.17) is 18.0 Å². The van der Waals surface area contributed by atoms with Gasteiger partial charge in [0.1, 0.15) is 5.82 Å². The first-order chi connectivity index (χ1) is 8.06. The van der Waals surface area contributed by atoms with Crippen molar-refractivity contribution in [2.45, 2.75) is 25.8 Å². The van der Waals surface area contributed by atoms with E-state index in [0.717, 1.165) is 24.9 Å². The third kappa shape index (κ3) is 4.06. The average molecular weight is 254 g/mol. The van der Waals surface area contributed by atoms with E-state index in [2.05, 4.69) is 11.8 Å². The standard InChI is InChI=1S/C13H19FN2S/c1-3-4-8-16(2)12(13(15)17)10-6-5-7-11(14)9-10/h5-7,9,12H,3-4,8H2,1-2H3,(H2,15,17). The minimum Gasteiger partial charge on any atom is -0.392 e. The lowest BCUT2D eigenvalue weighted by Crippen LogP contribution is -2.34. The van der Waals surface area contributed by atoms with Crippen molar-refractivity contribution in [1.29, 1.82) is 0 Å². The van der Waals surface area contributed by atoms with Crippen molar-refractivity contribution >= 4 is 17.2 Å². The van der Waals surface area contributed by atoms with Crippen LogP contribution in [0.5, 0.6) is 0 Å². The minimum atomic E-state index is -0.257. The van der Waals surface area contributed by atoms with Gasteiger partial charge >= 0.3 is 0 Å². The van der Waals surface area contributed by atoms with Gasteiger partial charge in [-0.3, -0.25) is 4.90 Å². The maximum absolute atomic E-state index is 13.2. The van der Waals surface area contributed by atoms with E-state index < -0.39 is 0 Å². The molecule has 0 aromatic heterocycles. The smallest absolute Gasteiger partial charge is 0.123 e. The molecule has 0 fully saturated rings. The Morgan fingerprint density at radius 1 is 1.53 bits per heavy atom. The normalized spacial score (nSPS) is 12.7. The molecule has 0 saturated carbocycles. The van der Waals surface area contributed by atoms with E-state index in [1.807, 2.05) is 13.1 Å². The summed E-state index contributed by atoms with van der Waals surface area (Å²) in [6.45, 7) is 3.03. The van der Waals surface area contributed by atoms with Crippen LogP contribution in [0.15, 0.2) is 24.3 Å². The molecule has 2 N–H and O–H groups in total. The second-order valence-electron chi connectivity index (χ2n) is 4.19. The molecule has 2 nitrogen and oxygen atoms in total. The van der Waals surface area contributed by atoms with Gasteiger partial charge in [0.25, 0.3) is 0 Å². The van der Waals surface area contributed by atoms with Gasteiger partial charge in [-0.05, 0) is 37.7 Å². The molecule has 0 heterocycles. The van der Waals surface area contributed by atoms with Gasteiger partial charge in [-0.2, -0.15) is 0 Å². The Morgan fingerprint density at radius 3 is 2.76 bits per heavy atom. The first kappa shape index (κ1) is 14.1. The van der Waals surface area contributed by atoms with E-state index >= 15 is 0 Å². The Hall–Kier alpha value is -1.00. The lowest BCUT2D eigenvalue weighted by atomic mass is 10.1. The van der Waals surface area contributed by atoms with Crippen LogP contribution in [0.25, 0.3) is 0 Å². The summed E-state index contributed by atoms with van der Waals surface area (Å²) in [5.41, 5.74) is 6.57. The second kappa shape index (κ2) is 6.67. The SMILES string of the molecule is CCCCN(C)C(C(N)=S)c1cccc(F)c1. The highest BCUT2D eigenvalue weighted by Crippen LogP contribution is 2.21. The zero-order valence-electron chi connectivity index (χ0n) is 10.3. The molecule has 0 radical (unpaired) electrons. The fourth-order valence-electron chi connectivity index (χ4n) is 1.85. The molecule has 4 heteroatoms. The summed E-state index contributed by atoms with van der Waals surface area (Å²) >= 11 is 5.08. The molecule has 0 saturated heterocycles. The third-order valence-electron chi connectivity index (χ3n) is 2.74. The molecule has 1 atom stereocenters. The van der Waals surface area contributed by atoms with Crippen LogP contribution in [0, 0.1) is 5.82 Å².